The zero-order chi connectivity index (χ0) is 15.5. The predicted molar refractivity (Wildman–Crippen MR) is 80.5 cm³/mol. The molecule has 1 fully saturated rings. The van der Waals surface area contributed by atoms with E-state index in [0.29, 0.717) is 10.8 Å². The predicted octanol–water partition coefficient (Wildman–Crippen LogP) is 2.60. The van der Waals surface area contributed by atoms with E-state index in [9.17, 15) is 14.9 Å². The van der Waals surface area contributed by atoms with Crippen molar-refractivity contribution < 1.29 is 14.5 Å². The molecular formula is C14H13N3O4S. The molecule has 8 heteroatoms. The van der Waals surface area contributed by atoms with Crippen molar-refractivity contribution in [3.63, 3.8) is 0 Å². The second kappa shape index (κ2) is 6.10. The first-order chi connectivity index (χ1) is 10.6. The van der Waals surface area contributed by atoms with E-state index in [1.807, 2.05) is 30.3 Å². The van der Waals surface area contributed by atoms with Crippen LogP contribution in [-0.4, -0.2) is 21.9 Å². The van der Waals surface area contributed by atoms with Gasteiger partial charge in [0.25, 0.3) is 0 Å². The van der Waals surface area contributed by atoms with Crippen LogP contribution in [0, 0.1) is 16.0 Å². The van der Waals surface area contributed by atoms with Gasteiger partial charge >= 0.3 is 5.97 Å². The fourth-order valence-electron chi connectivity index (χ4n) is 2.00. The SMILES string of the molecule is O=C(OCc1csc(Nc2ccccc2)n1)C1CC1[N+](=O)[O-]. The molecule has 2 aromatic rings. The Hall–Kier alpha value is -2.48. The van der Waals surface area contributed by atoms with Crippen LogP contribution in [-0.2, 0) is 16.1 Å². The van der Waals surface area contributed by atoms with E-state index < -0.39 is 22.9 Å². The van der Waals surface area contributed by atoms with Crippen molar-refractivity contribution in [2.75, 3.05) is 5.32 Å². The molecule has 1 N–H and O–H groups in total. The Morgan fingerprint density at radius 3 is 2.91 bits per heavy atom. The van der Waals surface area contributed by atoms with Crippen LogP contribution in [0.4, 0.5) is 10.8 Å². The molecule has 7 nitrogen and oxygen atoms in total. The summed E-state index contributed by atoms with van der Waals surface area (Å²) in [6, 6.07) is 8.82. The van der Waals surface area contributed by atoms with Crippen LogP contribution in [0.5, 0.6) is 0 Å². The topological polar surface area (TPSA) is 94.4 Å². The van der Waals surface area contributed by atoms with Gasteiger partial charge in [-0.25, -0.2) is 4.98 Å². The lowest BCUT2D eigenvalue weighted by Gasteiger charge is -2.02. The van der Waals surface area contributed by atoms with Gasteiger partial charge in [-0.1, -0.05) is 18.2 Å². The van der Waals surface area contributed by atoms with Crippen LogP contribution in [0.15, 0.2) is 35.7 Å². The standard InChI is InChI=1S/C14H13N3O4S/c18-13(11-6-12(11)17(19)20)21-7-10-8-22-14(16-10)15-9-4-2-1-3-5-9/h1-5,8,11-12H,6-7H2,(H,15,16). The minimum absolute atomic E-state index is 0.0345. The highest BCUT2D eigenvalue weighted by Crippen LogP contribution is 2.34. The third-order valence-electron chi connectivity index (χ3n) is 3.27. The van der Waals surface area contributed by atoms with Crippen molar-refractivity contribution in [2.24, 2.45) is 5.92 Å². The first kappa shape index (κ1) is 14.5. The molecule has 0 amide bonds. The highest BCUT2D eigenvalue weighted by atomic mass is 32.1. The summed E-state index contributed by atoms with van der Waals surface area (Å²) in [6.45, 7) is 0.0345. The molecule has 1 aliphatic carbocycles. The van der Waals surface area contributed by atoms with Crippen molar-refractivity contribution in [3.05, 3.63) is 51.5 Å². The summed E-state index contributed by atoms with van der Waals surface area (Å²) in [5.74, 6) is -1.12. The summed E-state index contributed by atoms with van der Waals surface area (Å²) < 4.78 is 5.07. The van der Waals surface area contributed by atoms with Crippen LogP contribution in [0.2, 0.25) is 0 Å². The van der Waals surface area contributed by atoms with E-state index >= 15 is 0 Å². The molecule has 0 spiro atoms. The number of thiazole rings is 1. The van der Waals surface area contributed by atoms with Crippen molar-refractivity contribution in [1.29, 1.82) is 0 Å². The molecule has 0 aliphatic heterocycles. The fourth-order valence-corrected chi connectivity index (χ4v) is 2.71. The minimum atomic E-state index is -0.779. The molecule has 1 aromatic heterocycles. The highest BCUT2D eigenvalue weighted by Gasteiger charge is 2.54. The van der Waals surface area contributed by atoms with Crippen LogP contribution < -0.4 is 5.32 Å². The summed E-state index contributed by atoms with van der Waals surface area (Å²) in [4.78, 5) is 26.0. The first-order valence-electron chi connectivity index (χ1n) is 6.70. The lowest BCUT2D eigenvalue weighted by molar-refractivity contribution is -0.497. The van der Waals surface area contributed by atoms with E-state index in [4.69, 9.17) is 4.74 Å². The van der Waals surface area contributed by atoms with Gasteiger partial charge in [0.15, 0.2) is 5.13 Å². The number of esters is 1. The molecule has 3 rings (SSSR count). The van der Waals surface area contributed by atoms with Gasteiger partial charge in [0.05, 0.1) is 5.69 Å². The lowest BCUT2D eigenvalue weighted by atomic mass is 10.3. The van der Waals surface area contributed by atoms with Gasteiger partial charge in [0, 0.05) is 22.4 Å². The molecule has 2 atom stereocenters. The molecular weight excluding hydrogens is 306 g/mol. The monoisotopic (exact) mass is 319 g/mol. The van der Waals surface area contributed by atoms with Gasteiger partial charge in [-0.3, -0.25) is 14.9 Å². The third-order valence-corrected chi connectivity index (χ3v) is 4.08. The first-order valence-corrected chi connectivity index (χ1v) is 7.58. The second-order valence-electron chi connectivity index (χ2n) is 4.94. The molecule has 0 saturated heterocycles. The number of hydrogen-bond donors (Lipinski definition) is 1. The normalized spacial score (nSPS) is 19.5. The van der Waals surface area contributed by atoms with Crippen molar-refractivity contribution in [1.82, 2.24) is 4.98 Å². The van der Waals surface area contributed by atoms with Gasteiger partial charge in [0.2, 0.25) is 6.04 Å². The van der Waals surface area contributed by atoms with Gasteiger partial charge in [-0.05, 0) is 12.1 Å². The van der Waals surface area contributed by atoms with E-state index in [2.05, 4.69) is 10.3 Å². The number of benzene rings is 1. The Morgan fingerprint density at radius 2 is 2.23 bits per heavy atom. The molecule has 1 saturated carbocycles. The Morgan fingerprint density at radius 1 is 1.45 bits per heavy atom. The highest BCUT2D eigenvalue weighted by molar-refractivity contribution is 7.13. The van der Waals surface area contributed by atoms with Gasteiger partial charge < -0.3 is 10.1 Å². The zero-order valence-electron chi connectivity index (χ0n) is 11.5. The number of hydrogen-bond acceptors (Lipinski definition) is 7. The van der Waals surface area contributed by atoms with E-state index in [1.165, 1.54) is 11.3 Å². The maximum Gasteiger partial charge on any atom is 0.316 e. The average Bonchev–Trinajstić information content (AvgIpc) is 3.21. The van der Waals surface area contributed by atoms with Crippen LogP contribution in [0.3, 0.4) is 0 Å². The molecule has 0 radical (unpaired) electrons. The zero-order valence-corrected chi connectivity index (χ0v) is 12.3. The van der Waals surface area contributed by atoms with Gasteiger partial charge in [-0.15, -0.1) is 11.3 Å². The van der Waals surface area contributed by atoms with Gasteiger partial charge in [-0.2, -0.15) is 0 Å². The number of nitro groups is 1. The number of para-hydroxylation sites is 1. The number of aromatic nitrogens is 1. The third kappa shape index (κ3) is 3.40. The van der Waals surface area contributed by atoms with E-state index in [0.717, 1.165) is 5.69 Å². The van der Waals surface area contributed by atoms with Crippen LogP contribution >= 0.6 is 11.3 Å². The number of carbonyl (C=O) groups is 1. The summed E-state index contributed by atoms with van der Waals surface area (Å²) in [6.07, 6.45) is 0.268. The van der Waals surface area contributed by atoms with Gasteiger partial charge in [0.1, 0.15) is 12.5 Å². The molecule has 0 bridgehead atoms. The maximum absolute atomic E-state index is 11.6. The summed E-state index contributed by atoms with van der Waals surface area (Å²) in [7, 11) is 0. The number of ether oxygens (including phenoxy) is 1. The second-order valence-corrected chi connectivity index (χ2v) is 5.80. The Kier molecular flexibility index (Phi) is 4.01. The summed E-state index contributed by atoms with van der Waals surface area (Å²) in [5.41, 5.74) is 1.54. The molecule has 1 heterocycles. The van der Waals surface area contributed by atoms with E-state index in [1.54, 1.807) is 5.38 Å². The number of carbonyl (C=O) groups excluding carboxylic acids is 1. The average molecular weight is 319 g/mol. The maximum atomic E-state index is 11.6. The molecule has 1 aliphatic rings. The Bertz CT molecular complexity index is 688. The van der Waals surface area contributed by atoms with E-state index in [-0.39, 0.29) is 13.0 Å². The lowest BCUT2D eigenvalue weighted by Crippen LogP contribution is -2.13. The Balaban J connectivity index is 1.50. The smallest absolute Gasteiger partial charge is 0.316 e. The Labute approximate surface area is 130 Å². The fraction of sp³-hybridized carbons (Fsp3) is 0.286. The number of rotatable bonds is 6. The number of nitrogens with zero attached hydrogens (tertiary/aromatic N) is 2. The molecule has 1 aromatic carbocycles. The van der Waals surface area contributed by atoms with Crippen molar-refractivity contribution >= 4 is 28.1 Å². The largest absolute Gasteiger partial charge is 0.459 e. The molecule has 114 valence electrons. The quantitative estimate of drug-likeness (QED) is 0.499. The molecule has 2 unspecified atom stereocenters. The van der Waals surface area contributed by atoms with Crippen LogP contribution in [0.25, 0.3) is 0 Å². The van der Waals surface area contributed by atoms with Crippen molar-refractivity contribution in [3.8, 4) is 0 Å². The minimum Gasteiger partial charge on any atom is -0.459 e. The number of anilines is 2. The van der Waals surface area contributed by atoms with Crippen LogP contribution in [0.1, 0.15) is 12.1 Å². The summed E-state index contributed by atoms with van der Waals surface area (Å²) >= 11 is 1.40. The number of nitrogens with one attached hydrogen (secondary N) is 1. The molecule has 22 heavy (non-hydrogen) atoms. The van der Waals surface area contributed by atoms with Crippen molar-refractivity contribution in [2.45, 2.75) is 19.1 Å². The summed E-state index contributed by atoms with van der Waals surface area (Å²) in [5, 5.41) is 16.1.